The van der Waals surface area contributed by atoms with Gasteiger partial charge >= 0.3 is 0 Å². The minimum atomic E-state index is -0.344. The molecule has 0 radical (unpaired) electrons. The first kappa shape index (κ1) is 27.0. The summed E-state index contributed by atoms with van der Waals surface area (Å²) < 4.78 is 21.3. The van der Waals surface area contributed by atoms with E-state index in [0.717, 1.165) is 68.0 Å². The van der Waals surface area contributed by atoms with Crippen LogP contribution in [-0.2, 0) is 6.61 Å². The maximum absolute atomic E-state index is 15.3. The molecule has 0 spiro atoms. The number of aromatic nitrogens is 3. The summed E-state index contributed by atoms with van der Waals surface area (Å²) in [6.07, 6.45) is 4.38. The van der Waals surface area contributed by atoms with Gasteiger partial charge in [0.25, 0.3) is 5.91 Å². The van der Waals surface area contributed by atoms with Gasteiger partial charge in [0.05, 0.1) is 0 Å². The third kappa shape index (κ3) is 5.83. The number of carbonyl (C=O) groups excluding carboxylic acids is 1. The van der Waals surface area contributed by atoms with Crippen molar-refractivity contribution in [3.63, 3.8) is 0 Å². The third-order valence-corrected chi connectivity index (χ3v) is 7.98. The number of benzene rings is 2. The lowest BCUT2D eigenvalue weighted by atomic mass is 10.1. The van der Waals surface area contributed by atoms with Gasteiger partial charge in [0.1, 0.15) is 24.3 Å². The number of amides is 1. The maximum atomic E-state index is 15.3. The Kier molecular flexibility index (Phi) is 7.74. The van der Waals surface area contributed by atoms with Gasteiger partial charge < -0.3 is 29.7 Å². The molecule has 4 aromatic rings. The number of likely N-dealkylation sites (N-methyl/N-ethyl adjacent to an activating group) is 1. The van der Waals surface area contributed by atoms with Gasteiger partial charge in [-0.1, -0.05) is 6.07 Å². The number of hydrogen-bond donors (Lipinski definition) is 2. The van der Waals surface area contributed by atoms with Crippen LogP contribution in [0.1, 0.15) is 40.9 Å². The van der Waals surface area contributed by atoms with Crippen molar-refractivity contribution < 1.29 is 13.9 Å². The summed E-state index contributed by atoms with van der Waals surface area (Å²) in [6, 6.07) is 13.5. The minimum Gasteiger partial charge on any atom is -0.472 e. The summed E-state index contributed by atoms with van der Waals surface area (Å²) in [5.41, 5.74) is 4.24. The van der Waals surface area contributed by atoms with Gasteiger partial charge in [-0.25, -0.2) is 14.4 Å². The van der Waals surface area contributed by atoms with Crippen LogP contribution in [0.5, 0.6) is 5.88 Å². The molecule has 10 heteroatoms. The van der Waals surface area contributed by atoms with E-state index in [1.165, 1.54) is 6.33 Å². The number of piperazine rings is 1. The molecule has 214 valence electrons. The predicted molar refractivity (Wildman–Crippen MR) is 159 cm³/mol. The van der Waals surface area contributed by atoms with Gasteiger partial charge in [-0.2, -0.15) is 0 Å². The second kappa shape index (κ2) is 11.7. The summed E-state index contributed by atoms with van der Waals surface area (Å²) in [5.74, 6) is -0.0235. The molecule has 0 bridgehead atoms. The fraction of sp³-hybridized carbons (Fsp3) is 0.387. The molecule has 4 heterocycles. The van der Waals surface area contributed by atoms with Gasteiger partial charge in [0.2, 0.25) is 5.88 Å². The second-order valence-electron chi connectivity index (χ2n) is 11.0. The number of carbonyl (C=O) groups is 1. The van der Waals surface area contributed by atoms with Crippen LogP contribution in [-0.4, -0.2) is 77.0 Å². The smallest absolute Gasteiger partial charge is 0.263 e. The fourth-order valence-electron chi connectivity index (χ4n) is 5.59. The van der Waals surface area contributed by atoms with Crippen LogP contribution >= 0.6 is 0 Å². The Morgan fingerprint density at radius 1 is 1.00 bits per heavy atom. The van der Waals surface area contributed by atoms with E-state index < -0.39 is 0 Å². The highest BCUT2D eigenvalue weighted by Gasteiger charge is 2.27. The first-order chi connectivity index (χ1) is 20.0. The molecule has 2 fully saturated rings. The Balaban J connectivity index is 1.26. The zero-order valence-electron chi connectivity index (χ0n) is 23.6. The molecule has 2 aromatic carbocycles. The quantitative estimate of drug-likeness (QED) is 0.327. The fourth-order valence-corrected chi connectivity index (χ4v) is 5.59. The lowest BCUT2D eigenvalue weighted by Gasteiger charge is -2.34. The van der Waals surface area contributed by atoms with Crippen LogP contribution in [0.2, 0.25) is 0 Å². The van der Waals surface area contributed by atoms with Crippen LogP contribution in [0.15, 0.2) is 48.8 Å². The van der Waals surface area contributed by atoms with Gasteiger partial charge in [0, 0.05) is 72.8 Å². The third-order valence-electron chi connectivity index (χ3n) is 7.98. The first-order valence-corrected chi connectivity index (χ1v) is 14.3. The van der Waals surface area contributed by atoms with E-state index >= 15 is 4.39 Å². The zero-order chi connectivity index (χ0) is 28.3. The monoisotopic (exact) mass is 557 g/mol. The molecule has 9 nitrogen and oxygen atoms in total. The predicted octanol–water partition coefficient (Wildman–Crippen LogP) is 5.11. The van der Waals surface area contributed by atoms with Crippen molar-refractivity contribution in [2.75, 3.05) is 56.5 Å². The van der Waals surface area contributed by atoms with E-state index in [9.17, 15) is 4.79 Å². The van der Waals surface area contributed by atoms with Crippen molar-refractivity contribution >= 4 is 34.0 Å². The van der Waals surface area contributed by atoms with Crippen LogP contribution in [0.25, 0.3) is 10.9 Å². The highest BCUT2D eigenvalue weighted by molar-refractivity contribution is 6.01. The lowest BCUT2D eigenvalue weighted by molar-refractivity contribution is 0.0719. The average molecular weight is 558 g/mol. The number of nitrogens with zero attached hydrogens (tertiary/aromatic N) is 5. The SMILES string of the molecule is Cc1cc2c(F)c(COc3ncnc(Nc4ccc(N5CCN(C)CC5)cc4)c3C(=O)N3CCCCC3)ccc2[nH]1. The molecule has 2 aliphatic rings. The molecular formula is C31H36FN7O2. The molecule has 0 atom stereocenters. The summed E-state index contributed by atoms with van der Waals surface area (Å²) in [7, 11) is 2.14. The molecule has 0 unspecified atom stereocenters. The van der Waals surface area contributed by atoms with Gasteiger partial charge in [-0.15, -0.1) is 0 Å². The largest absolute Gasteiger partial charge is 0.472 e. The molecule has 0 saturated carbocycles. The van der Waals surface area contributed by atoms with E-state index in [-0.39, 0.29) is 29.8 Å². The standard InChI is InChI=1S/C31H36FN7O2/c1-21-18-25-26(35-21)11-6-22(28(25)32)19-41-30-27(31(40)39-12-4-3-5-13-39)29(33-20-34-30)36-23-7-9-24(10-8-23)38-16-14-37(2)15-17-38/h6-11,18,20,35H,3-5,12-17,19H2,1-2H3,(H,33,34,36). The first-order valence-electron chi connectivity index (χ1n) is 14.3. The van der Waals surface area contributed by atoms with Gasteiger partial charge in [-0.3, -0.25) is 4.79 Å². The van der Waals surface area contributed by atoms with Crippen molar-refractivity contribution in [3.05, 3.63) is 71.4 Å². The van der Waals surface area contributed by atoms with Crippen molar-refractivity contribution in [2.45, 2.75) is 32.8 Å². The van der Waals surface area contributed by atoms with Crippen LogP contribution in [0.3, 0.4) is 0 Å². The summed E-state index contributed by atoms with van der Waals surface area (Å²) >= 11 is 0. The highest BCUT2D eigenvalue weighted by atomic mass is 19.1. The van der Waals surface area contributed by atoms with Crippen molar-refractivity contribution in [1.82, 2.24) is 24.8 Å². The molecule has 2 aromatic heterocycles. The van der Waals surface area contributed by atoms with E-state index in [4.69, 9.17) is 4.74 Å². The number of piperidine rings is 1. The number of nitrogens with one attached hydrogen (secondary N) is 2. The molecule has 0 aliphatic carbocycles. The Morgan fingerprint density at radius 2 is 1.76 bits per heavy atom. The van der Waals surface area contributed by atoms with Crippen molar-refractivity contribution in [2.24, 2.45) is 0 Å². The molecule has 6 rings (SSSR count). The maximum Gasteiger partial charge on any atom is 0.263 e. The molecular weight excluding hydrogens is 521 g/mol. The van der Waals surface area contributed by atoms with Crippen LogP contribution in [0, 0.1) is 12.7 Å². The number of halogens is 1. The minimum absolute atomic E-state index is 0.0670. The Morgan fingerprint density at radius 3 is 2.51 bits per heavy atom. The number of anilines is 3. The van der Waals surface area contributed by atoms with Crippen LogP contribution < -0.4 is 15.0 Å². The number of fused-ring (bicyclic) bond motifs is 1. The Labute approximate surface area is 239 Å². The molecule has 2 N–H and O–H groups in total. The Bertz CT molecular complexity index is 1520. The van der Waals surface area contributed by atoms with Crippen molar-refractivity contribution in [3.8, 4) is 5.88 Å². The molecule has 1 amide bonds. The average Bonchev–Trinajstić information content (AvgIpc) is 3.39. The number of aryl methyl sites for hydroxylation is 1. The molecule has 2 saturated heterocycles. The number of likely N-dealkylation sites (tertiary alicyclic amines) is 1. The second-order valence-corrected chi connectivity index (χ2v) is 11.0. The van der Waals surface area contributed by atoms with E-state index in [2.05, 4.69) is 49.2 Å². The number of aromatic amines is 1. The van der Waals surface area contributed by atoms with E-state index in [0.29, 0.717) is 29.9 Å². The van der Waals surface area contributed by atoms with E-state index in [1.54, 1.807) is 12.1 Å². The summed E-state index contributed by atoms with van der Waals surface area (Å²) in [6.45, 7) is 7.21. The number of hydrogen-bond acceptors (Lipinski definition) is 7. The van der Waals surface area contributed by atoms with Crippen molar-refractivity contribution in [1.29, 1.82) is 0 Å². The lowest BCUT2D eigenvalue weighted by Crippen LogP contribution is -2.44. The van der Waals surface area contributed by atoms with Crippen LogP contribution in [0.4, 0.5) is 21.6 Å². The van der Waals surface area contributed by atoms with E-state index in [1.807, 2.05) is 30.0 Å². The van der Waals surface area contributed by atoms with Gasteiger partial charge in [0.15, 0.2) is 5.82 Å². The summed E-state index contributed by atoms with van der Waals surface area (Å²) in [5, 5.41) is 3.84. The number of rotatable bonds is 7. The highest BCUT2D eigenvalue weighted by Crippen LogP contribution is 2.30. The topological polar surface area (TPSA) is 89.6 Å². The summed E-state index contributed by atoms with van der Waals surface area (Å²) in [4.78, 5) is 32.3. The number of H-pyrrole nitrogens is 1. The molecule has 41 heavy (non-hydrogen) atoms. The number of ether oxygens (including phenoxy) is 1. The zero-order valence-corrected chi connectivity index (χ0v) is 23.6. The van der Waals surface area contributed by atoms with Gasteiger partial charge in [-0.05, 0) is 69.6 Å². The molecule has 2 aliphatic heterocycles. The normalized spacial score (nSPS) is 16.3. The Hall–Kier alpha value is -4.18.